The molecular weight excluding hydrogens is 154 g/mol. The highest BCUT2D eigenvalue weighted by Crippen LogP contribution is 2.13. The summed E-state index contributed by atoms with van der Waals surface area (Å²) < 4.78 is 1.42. The number of hydrogen-bond acceptors (Lipinski definition) is 3. The number of rotatable bonds is 0. The van der Waals surface area contributed by atoms with Crippen molar-refractivity contribution in [3.05, 3.63) is 23.5 Å². The molecule has 1 N–H and O–H groups in total. The van der Waals surface area contributed by atoms with Crippen LogP contribution < -0.4 is 0 Å². The first-order valence-corrected chi connectivity index (χ1v) is 3.70. The third kappa shape index (κ3) is 0.922. The highest BCUT2D eigenvalue weighted by atomic mass is 16.3. The zero-order valence-electron chi connectivity index (χ0n) is 6.94. The Kier molecular flexibility index (Phi) is 1.30. The van der Waals surface area contributed by atoms with Gasteiger partial charge in [-0.05, 0) is 13.8 Å². The molecule has 2 aromatic heterocycles. The molecule has 0 radical (unpaired) electrons. The van der Waals surface area contributed by atoms with E-state index in [9.17, 15) is 5.11 Å². The average molecular weight is 163 g/mol. The minimum atomic E-state index is 0.130. The van der Waals surface area contributed by atoms with Crippen molar-refractivity contribution >= 4 is 5.65 Å². The van der Waals surface area contributed by atoms with Gasteiger partial charge in [0.25, 0.3) is 0 Å². The van der Waals surface area contributed by atoms with Crippen LogP contribution in [0.1, 0.15) is 11.4 Å². The smallest absolute Gasteiger partial charge is 0.215 e. The molecule has 2 heterocycles. The van der Waals surface area contributed by atoms with Gasteiger partial charge in [0.2, 0.25) is 5.88 Å². The van der Waals surface area contributed by atoms with Crippen LogP contribution in [-0.4, -0.2) is 19.7 Å². The maximum absolute atomic E-state index is 9.43. The van der Waals surface area contributed by atoms with Gasteiger partial charge in [-0.3, -0.25) is 0 Å². The highest BCUT2D eigenvalue weighted by Gasteiger charge is 2.03. The SMILES string of the molecule is Cc1cc(O)n2nc(C)cc2n1. The molecule has 0 saturated heterocycles. The zero-order chi connectivity index (χ0) is 8.72. The van der Waals surface area contributed by atoms with Gasteiger partial charge in [-0.25, -0.2) is 4.98 Å². The first-order chi connectivity index (χ1) is 5.66. The minimum Gasteiger partial charge on any atom is -0.493 e. The molecule has 4 nitrogen and oxygen atoms in total. The van der Waals surface area contributed by atoms with Crippen LogP contribution in [0.3, 0.4) is 0 Å². The van der Waals surface area contributed by atoms with Crippen molar-refractivity contribution in [1.29, 1.82) is 0 Å². The molecule has 0 unspecified atom stereocenters. The van der Waals surface area contributed by atoms with Gasteiger partial charge in [-0.1, -0.05) is 0 Å². The molecule has 0 aliphatic heterocycles. The van der Waals surface area contributed by atoms with Crippen molar-refractivity contribution < 1.29 is 5.11 Å². The van der Waals surface area contributed by atoms with Gasteiger partial charge in [-0.2, -0.15) is 9.61 Å². The van der Waals surface area contributed by atoms with Crippen LogP contribution in [0.15, 0.2) is 12.1 Å². The molecule has 62 valence electrons. The fraction of sp³-hybridized carbons (Fsp3) is 0.250. The zero-order valence-corrected chi connectivity index (χ0v) is 6.94. The van der Waals surface area contributed by atoms with E-state index in [1.165, 1.54) is 4.52 Å². The summed E-state index contributed by atoms with van der Waals surface area (Å²) in [6, 6.07) is 3.41. The number of aromatic nitrogens is 3. The molecule has 0 aliphatic carbocycles. The van der Waals surface area contributed by atoms with E-state index in [0.29, 0.717) is 5.65 Å². The van der Waals surface area contributed by atoms with Gasteiger partial charge in [0.05, 0.1) is 5.69 Å². The van der Waals surface area contributed by atoms with Gasteiger partial charge in [0.1, 0.15) is 0 Å². The number of hydrogen-bond donors (Lipinski definition) is 1. The third-order valence-corrected chi connectivity index (χ3v) is 1.66. The monoisotopic (exact) mass is 163 g/mol. The van der Waals surface area contributed by atoms with Gasteiger partial charge in [0, 0.05) is 17.8 Å². The lowest BCUT2D eigenvalue weighted by atomic mass is 10.4. The molecule has 0 saturated carbocycles. The molecule has 2 rings (SSSR count). The second-order valence-corrected chi connectivity index (χ2v) is 2.81. The summed E-state index contributed by atoms with van der Waals surface area (Å²) in [7, 11) is 0. The number of fused-ring (bicyclic) bond motifs is 1. The summed E-state index contributed by atoms with van der Waals surface area (Å²) in [6.45, 7) is 3.70. The molecule has 0 amide bonds. The van der Waals surface area contributed by atoms with Gasteiger partial charge < -0.3 is 5.11 Å². The minimum absolute atomic E-state index is 0.130. The van der Waals surface area contributed by atoms with Crippen molar-refractivity contribution in [1.82, 2.24) is 14.6 Å². The van der Waals surface area contributed by atoms with Crippen molar-refractivity contribution in [2.45, 2.75) is 13.8 Å². The predicted octanol–water partition coefficient (Wildman–Crippen LogP) is 1.05. The number of aryl methyl sites for hydroxylation is 2. The van der Waals surface area contributed by atoms with Gasteiger partial charge in [-0.15, -0.1) is 0 Å². The molecule has 0 bridgehead atoms. The summed E-state index contributed by atoms with van der Waals surface area (Å²) in [5, 5.41) is 13.5. The van der Waals surface area contributed by atoms with Crippen LogP contribution >= 0.6 is 0 Å². The Bertz CT molecular complexity index is 433. The second-order valence-electron chi connectivity index (χ2n) is 2.81. The molecule has 0 fully saturated rings. The van der Waals surface area contributed by atoms with E-state index in [0.717, 1.165) is 11.4 Å². The number of nitrogens with zero attached hydrogens (tertiary/aromatic N) is 3. The normalized spacial score (nSPS) is 10.8. The Balaban J connectivity index is 2.88. The van der Waals surface area contributed by atoms with Crippen LogP contribution in [0.5, 0.6) is 5.88 Å². The Morgan fingerprint density at radius 1 is 1.25 bits per heavy atom. The van der Waals surface area contributed by atoms with E-state index >= 15 is 0 Å². The lowest BCUT2D eigenvalue weighted by Gasteiger charge is -1.97. The summed E-state index contributed by atoms with van der Waals surface area (Å²) in [5.41, 5.74) is 2.33. The molecule has 0 aromatic carbocycles. The molecule has 12 heavy (non-hydrogen) atoms. The Labute approximate surface area is 69.5 Å². The van der Waals surface area contributed by atoms with Gasteiger partial charge >= 0.3 is 0 Å². The quantitative estimate of drug-likeness (QED) is 0.631. The van der Waals surface area contributed by atoms with E-state index in [4.69, 9.17) is 0 Å². The fourth-order valence-electron chi connectivity index (χ4n) is 1.19. The number of aromatic hydroxyl groups is 1. The van der Waals surface area contributed by atoms with Crippen LogP contribution in [-0.2, 0) is 0 Å². The van der Waals surface area contributed by atoms with E-state index in [-0.39, 0.29) is 5.88 Å². The maximum Gasteiger partial charge on any atom is 0.215 e. The first-order valence-electron chi connectivity index (χ1n) is 3.70. The van der Waals surface area contributed by atoms with E-state index in [1.807, 2.05) is 19.9 Å². The first kappa shape index (κ1) is 7.09. The Morgan fingerprint density at radius 3 is 2.75 bits per heavy atom. The molecule has 4 heteroatoms. The van der Waals surface area contributed by atoms with Crippen molar-refractivity contribution in [2.75, 3.05) is 0 Å². The summed E-state index contributed by atoms with van der Waals surface area (Å²) in [4.78, 5) is 4.20. The lowest BCUT2D eigenvalue weighted by molar-refractivity contribution is 0.434. The van der Waals surface area contributed by atoms with Crippen molar-refractivity contribution in [2.24, 2.45) is 0 Å². The van der Waals surface area contributed by atoms with Crippen LogP contribution in [0.4, 0.5) is 0 Å². The third-order valence-electron chi connectivity index (χ3n) is 1.66. The second kappa shape index (κ2) is 2.20. The molecule has 0 atom stereocenters. The van der Waals surface area contributed by atoms with Crippen LogP contribution in [0.25, 0.3) is 5.65 Å². The van der Waals surface area contributed by atoms with Crippen molar-refractivity contribution in [3.8, 4) is 5.88 Å². The van der Waals surface area contributed by atoms with Crippen molar-refractivity contribution in [3.63, 3.8) is 0 Å². The predicted molar refractivity (Wildman–Crippen MR) is 44.1 cm³/mol. The maximum atomic E-state index is 9.43. The highest BCUT2D eigenvalue weighted by molar-refractivity contribution is 5.42. The fourth-order valence-corrected chi connectivity index (χ4v) is 1.19. The molecule has 2 aromatic rings. The molecular formula is C8H9N3O. The van der Waals surface area contributed by atoms with E-state index in [2.05, 4.69) is 10.1 Å². The summed E-state index contributed by atoms with van der Waals surface area (Å²) >= 11 is 0. The van der Waals surface area contributed by atoms with Gasteiger partial charge in [0.15, 0.2) is 5.65 Å². The summed E-state index contributed by atoms with van der Waals surface area (Å²) in [6.07, 6.45) is 0. The average Bonchev–Trinajstić information content (AvgIpc) is 2.29. The Morgan fingerprint density at radius 2 is 2.00 bits per heavy atom. The summed E-state index contributed by atoms with van der Waals surface area (Å²) in [5.74, 6) is 0.130. The lowest BCUT2D eigenvalue weighted by Crippen LogP contribution is -1.92. The Hall–Kier alpha value is -1.58. The standard InChI is InChI=1S/C8H9N3O/c1-5-4-8(12)11-7(9-5)3-6(2)10-11/h3-4,12H,1-2H3. The molecule has 0 spiro atoms. The van der Waals surface area contributed by atoms with E-state index in [1.54, 1.807) is 6.07 Å². The van der Waals surface area contributed by atoms with Crippen LogP contribution in [0, 0.1) is 13.8 Å². The topological polar surface area (TPSA) is 50.4 Å². The molecule has 0 aliphatic rings. The largest absolute Gasteiger partial charge is 0.493 e. The van der Waals surface area contributed by atoms with E-state index < -0.39 is 0 Å². The van der Waals surface area contributed by atoms with Crippen LogP contribution in [0.2, 0.25) is 0 Å².